The molecule has 1 unspecified atom stereocenters. The average Bonchev–Trinajstić information content (AvgIpc) is 2.85. The lowest BCUT2D eigenvalue weighted by atomic mass is 10.1. The van der Waals surface area contributed by atoms with Crippen molar-refractivity contribution in [2.24, 2.45) is 0 Å². The Kier molecular flexibility index (Phi) is 3.04. The smallest absolute Gasteiger partial charge is 0.115 e. The summed E-state index contributed by atoms with van der Waals surface area (Å²) in [6.45, 7) is 0.906. The van der Waals surface area contributed by atoms with Crippen molar-refractivity contribution in [3.63, 3.8) is 0 Å². The van der Waals surface area contributed by atoms with E-state index in [1.807, 2.05) is 6.26 Å². The van der Waals surface area contributed by atoms with Crippen LogP contribution in [0.3, 0.4) is 0 Å². The minimum Gasteiger partial charge on any atom is -0.497 e. The number of fused-ring (bicyclic) bond motifs is 1. The van der Waals surface area contributed by atoms with Gasteiger partial charge in [-0.15, -0.1) is 0 Å². The summed E-state index contributed by atoms with van der Waals surface area (Å²) < 4.78 is 5.55. The van der Waals surface area contributed by atoms with Gasteiger partial charge in [-0.05, 0) is 61.4 Å². The molecule has 1 aliphatic heterocycles. The highest BCUT2D eigenvalue weighted by Crippen LogP contribution is 2.25. The maximum Gasteiger partial charge on any atom is 0.115 e. The zero-order chi connectivity index (χ0) is 11.5. The third kappa shape index (κ3) is 2.46. The number of benzene rings is 1. The Balaban J connectivity index is 1.59. The number of aryl methyl sites for hydroxylation is 2. The van der Waals surface area contributed by atoms with E-state index in [0.717, 1.165) is 19.4 Å². The summed E-state index contributed by atoms with van der Waals surface area (Å²) in [6.07, 6.45) is 10.3. The lowest BCUT2D eigenvalue weighted by molar-refractivity contribution is 0.135. The first-order valence-corrected chi connectivity index (χ1v) is 6.58. The van der Waals surface area contributed by atoms with Crippen LogP contribution in [0.15, 0.2) is 30.5 Å². The predicted molar refractivity (Wildman–Crippen MR) is 70.2 cm³/mol. The second kappa shape index (κ2) is 4.82. The molecule has 1 aromatic carbocycles. The average molecular weight is 229 g/mol. The molecule has 17 heavy (non-hydrogen) atoms. The van der Waals surface area contributed by atoms with E-state index in [0.29, 0.717) is 6.10 Å². The number of anilines is 1. The first kappa shape index (κ1) is 10.7. The predicted octanol–water partition coefficient (Wildman–Crippen LogP) is 3.28. The molecule has 2 heteroatoms. The lowest BCUT2D eigenvalue weighted by Gasteiger charge is -2.20. The molecule has 3 rings (SSSR count). The van der Waals surface area contributed by atoms with E-state index in [2.05, 4.69) is 29.6 Å². The van der Waals surface area contributed by atoms with E-state index >= 15 is 0 Å². The van der Waals surface area contributed by atoms with E-state index < -0.39 is 0 Å². The molecule has 1 N–H and O–H groups in total. The van der Waals surface area contributed by atoms with Gasteiger partial charge in [0, 0.05) is 5.69 Å². The second-order valence-electron chi connectivity index (χ2n) is 4.93. The Morgan fingerprint density at radius 2 is 2.18 bits per heavy atom. The zero-order valence-corrected chi connectivity index (χ0v) is 10.1. The summed E-state index contributed by atoms with van der Waals surface area (Å²) in [6, 6.07) is 6.77. The molecule has 0 saturated heterocycles. The van der Waals surface area contributed by atoms with Gasteiger partial charge in [-0.2, -0.15) is 0 Å². The van der Waals surface area contributed by atoms with E-state index in [1.165, 1.54) is 36.1 Å². The fourth-order valence-electron chi connectivity index (χ4n) is 2.65. The van der Waals surface area contributed by atoms with Crippen LogP contribution in [0.4, 0.5) is 5.69 Å². The SMILES string of the molecule is C1=COC(CNc2ccc3c(c2)CCC3)CC1. The van der Waals surface area contributed by atoms with Crippen LogP contribution in [0.5, 0.6) is 0 Å². The minimum absolute atomic E-state index is 0.327. The van der Waals surface area contributed by atoms with Crippen molar-refractivity contribution >= 4 is 5.69 Å². The Bertz CT molecular complexity index is 425. The van der Waals surface area contributed by atoms with Gasteiger partial charge in [-0.25, -0.2) is 0 Å². The molecular weight excluding hydrogens is 210 g/mol. The number of ether oxygens (including phenoxy) is 1. The summed E-state index contributed by atoms with van der Waals surface area (Å²) in [5, 5.41) is 3.49. The molecule has 2 nitrogen and oxygen atoms in total. The fraction of sp³-hybridized carbons (Fsp3) is 0.467. The first-order chi connectivity index (χ1) is 8.42. The Morgan fingerprint density at radius 1 is 1.24 bits per heavy atom. The number of nitrogens with one attached hydrogen (secondary N) is 1. The normalized spacial score (nSPS) is 22.0. The van der Waals surface area contributed by atoms with Gasteiger partial charge in [0.2, 0.25) is 0 Å². The van der Waals surface area contributed by atoms with Crippen LogP contribution in [0.1, 0.15) is 30.4 Å². The molecule has 1 heterocycles. The van der Waals surface area contributed by atoms with Crippen LogP contribution in [-0.4, -0.2) is 12.6 Å². The van der Waals surface area contributed by atoms with Gasteiger partial charge in [0.1, 0.15) is 6.10 Å². The van der Waals surface area contributed by atoms with E-state index in [4.69, 9.17) is 4.74 Å². The van der Waals surface area contributed by atoms with Gasteiger partial charge < -0.3 is 10.1 Å². The topological polar surface area (TPSA) is 21.3 Å². The van der Waals surface area contributed by atoms with Gasteiger partial charge in [-0.3, -0.25) is 0 Å². The van der Waals surface area contributed by atoms with Crippen molar-refractivity contribution in [2.75, 3.05) is 11.9 Å². The van der Waals surface area contributed by atoms with Crippen molar-refractivity contribution < 1.29 is 4.74 Å². The number of hydrogen-bond donors (Lipinski definition) is 1. The zero-order valence-electron chi connectivity index (χ0n) is 10.1. The second-order valence-corrected chi connectivity index (χ2v) is 4.93. The molecule has 1 aliphatic carbocycles. The summed E-state index contributed by atoms with van der Waals surface area (Å²) in [7, 11) is 0. The molecule has 2 aliphatic rings. The molecule has 0 radical (unpaired) electrons. The fourth-order valence-corrected chi connectivity index (χ4v) is 2.65. The third-order valence-electron chi connectivity index (χ3n) is 3.65. The highest BCUT2D eigenvalue weighted by Gasteiger charge is 2.13. The van der Waals surface area contributed by atoms with Crippen molar-refractivity contribution in [1.29, 1.82) is 0 Å². The lowest BCUT2D eigenvalue weighted by Crippen LogP contribution is -2.22. The van der Waals surface area contributed by atoms with E-state index in [-0.39, 0.29) is 0 Å². The quantitative estimate of drug-likeness (QED) is 0.858. The molecule has 0 fully saturated rings. The van der Waals surface area contributed by atoms with Crippen molar-refractivity contribution in [3.05, 3.63) is 41.7 Å². The summed E-state index contributed by atoms with van der Waals surface area (Å²) in [5.41, 5.74) is 4.30. The van der Waals surface area contributed by atoms with Crippen LogP contribution in [0.2, 0.25) is 0 Å². The van der Waals surface area contributed by atoms with E-state index in [1.54, 1.807) is 0 Å². The van der Waals surface area contributed by atoms with Gasteiger partial charge in [0.05, 0.1) is 12.8 Å². The van der Waals surface area contributed by atoms with Gasteiger partial charge in [0.25, 0.3) is 0 Å². The highest BCUT2D eigenvalue weighted by atomic mass is 16.5. The van der Waals surface area contributed by atoms with Crippen LogP contribution in [0.25, 0.3) is 0 Å². The molecule has 0 bridgehead atoms. The Morgan fingerprint density at radius 3 is 3.06 bits per heavy atom. The molecule has 1 aromatic rings. The van der Waals surface area contributed by atoms with Crippen LogP contribution in [0, 0.1) is 0 Å². The highest BCUT2D eigenvalue weighted by molar-refractivity contribution is 5.50. The molecule has 0 aromatic heterocycles. The molecular formula is C15H19NO. The van der Waals surface area contributed by atoms with Crippen molar-refractivity contribution in [2.45, 2.75) is 38.2 Å². The maximum atomic E-state index is 5.55. The maximum absolute atomic E-state index is 5.55. The van der Waals surface area contributed by atoms with Gasteiger partial charge >= 0.3 is 0 Å². The molecule has 0 amide bonds. The first-order valence-electron chi connectivity index (χ1n) is 6.58. The summed E-state index contributed by atoms with van der Waals surface area (Å²) in [4.78, 5) is 0. The van der Waals surface area contributed by atoms with Gasteiger partial charge in [0.15, 0.2) is 0 Å². The van der Waals surface area contributed by atoms with Crippen LogP contribution in [-0.2, 0) is 17.6 Å². The van der Waals surface area contributed by atoms with Crippen molar-refractivity contribution in [3.8, 4) is 0 Å². The monoisotopic (exact) mass is 229 g/mol. The number of rotatable bonds is 3. The summed E-state index contributed by atoms with van der Waals surface area (Å²) in [5.74, 6) is 0. The van der Waals surface area contributed by atoms with Crippen molar-refractivity contribution in [1.82, 2.24) is 0 Å². The van der Waals surface area contributed by atoms with Crippen LogP contribution < -0.4 is 5.32 Å². The Labute approximate surface area is 103 Å². The third-order valence-corrected chi connectivity index (χ3v) is 3.65. The molecule has 0 saturated carbocycles. The number of allylic oxidation sites excluding steroid dienone is 1. The minimum atomic E-state index is 0.327. The summed E-state index contributed by atoms with van der Waals surface area (Å²) >= 11 is 0. The standard InChI is InChI=1S/C15H19NO/c1-2-9-17-15(6-1)11-16-14-8-7-12-4-3-5-13(12)10-14/h2,7-10,15-16H,1,3-6,11H2. The Hall–Kier alpha value is -1.44. The largest absolute Gasteiger partial charge is 0.497 e. The molecule has 1 atom stereocenters. The van der Waals surface area contributed by atoms with Crippen LogP contribution >= 0.6 is 0 Å². The number of hydrogen-bond acceptors (Lipinski definition) is 2. The van der Waals surface area contributed by atoms with Gasteiger partial charge in [-0.1, -0.05) is 6.07 Å². The molecule has 0 spiro atoms. The molecule has 90 valence electrons. The van der Waals surface area contributed by atoms with E-state index in [9.17, 15) is 0 Å².